The Morgan fingerprint density at radius 3 is 2.59 bits per heavy atom. The number of nitrogens with one attached hydrogen (secondary N) is 1. The molecule has 0 saturated carbocycles. The van der Waals surface area contributed by atoms with E-state index in [9.17, 15) is 19.3 Å². The van der Waals surface area contributed by atoms with Crippen LogP contribution in [0.3, 0.4) is 0 Å². The van der Waals surface area contributed by atoms with Gasteiger partial charge in [0.25, 0.3) is 5.91 Å². The third-order valence-electron chi connectivity index (χ3n) is 3.78. The second-order valence-corrected chi connectivity index (χ2v) is 6.27. The maximum absolute atomic E-state index is 13.4. The van der Waals surface area contributed by atoms with Crippen LogP contribution in [0.5, 0.6) is 11.5 Å². The summed E-state index contributed by atoms with van der Waals surface area (Å²) in [6.45, 7) is 4.71. The number of hydrogen-bond acceptors (Lipinski definition) is 5. The molecule has 0 spiro atoms. The van der Waals surface area contributed by atoms with Crippen molar-refractivity contribution in [1.29, 1.82) is 0 Å². The predicted molar refractivity (Wildman–Crippen MR) is 99.0 cm³/mol. The minimum Gasteiger partial charge on any atom is -0.493 e. The second-order valence-electron chi connectivity index (χ2n) is 6.27. The van der Waals surface area contributed by atoms with E-state index in [1.54, 1.807) is 12.1 Å². The molecule has 0 aliphatic rings. The van der Waals surface area contributed by atoms with Crippen molar-refractivity contribution in [3.63, 3.8) is 0 Å². The van der Waals surface area contributed by atoms with Crippen LogP contribution in [0, 0.1) is 21.8 Å². The minimum atomic E-state index is -0.970. The average Bonchev–Trinajstić information content (AvgIpc) is 2.62. The Hall–Kier alpha value is -3.16. The summed E-state index contributed by atoms with van der Waals surface area (Å²) in [5, 5.41) is 13.3. The molecule has 0 heterocycles. The van der Waals surface area contributed by atoms with Crippen LogP contribution >= 0.6 is 0 Å². The molecule has 27 heavy (non-hydrogen) atoms. The molecule has 2 aromatic rings. The van der Waals surface area contributed by atoms with E-state index in [4.69, 9.17) is 9.47 Å². The molecular formula is C19H21FN2O5. The fraction of sp³-hybridized carbons (Fsp3) is 0.316. The Morgan fingerprint density at radius 2 is 1.96 bits per heavy atom. The Labute approximate surface area is 156 Å². The number of nitro groups is 1. The zero-order valence-electron chi connectivity index (χ0n) is 15.3. The Morgan fingerprint density at radius 1 is 1.22 bits per heavy atom. The molecule has 0 atom stereocenters. The third-order valence-corrected chi connectivity index (χ3v) is 3.78. The van der Waals surface area contributed by atoms with E-state index in [0.717, 1.165) is 18.6 Å². The van der Waals surface area contributed by atoms with Gasteiger partial charge in [-0.1, -0.05) is 13.8 Å². The molecule has 0 aliphatic heterocycles. The molecule has 0 saturated heterocycles. The molecule has 1 amide bonds. The Balaban J connectivity index is 2.14. The summed E-state index contributed by atoms with van der Waals surface area (Å²) >= 11 is 0. The summed E-state index contributed by atoms with van der Waals surface area (Å²) in [6, 6.07) is 7.84. The highest BCUT2D eigenvalue weighted by atomic mass is 19.1. The van der Waals surface area contributed by atoms with E-state index in [1.165, 1.54) is 19.2 Å². The summed E-state index contributed by atoms with van der Waals surface area (Å²) in [5.41, 5.74) is -0.321. The first kappa shape index (κ1) is 20.2. The smallest absolute Gasteiger partial charge is 0.306 e. The fourth-order valence-corrected chi connectivity index (χ4v) is 2.27. The van der Waals surface area contributed by atoms with Gasteiger partial charge < -0.3 is 14.8 Å². The highest BCUT2D eigenvalue weighted by Crippen LogP contribution is 2.29. The number of benzene rings is 2. The van der Waals surface area contributed by atoms with Crippen LogP contribution in [-0.2, 0) is 0 Å². The second kappa shape index (κ2) is 8.98. The number of ether oxygens (including phenoxy) is 2. The first-order valence-corrected chi connectivity index (χ1v) is 8.38. The molecule has 2 aromatic carbocycles. The molecule has 1 N–H and O–H groups in total. The van der Waals surface area contributed by atoms with Gasteiger partial charge >= 0.3 is 5.69 Å². The zero-order valence-corrected chi connectivity index (χ0v) is 15.3. The number of rotatable bonds is 8. The van der Waals surface area contributed by atoms with Gasteiger partial charge in [-0.05, 0) is 42.7 Å². The van der Waals surface area contributed by atoms with E-state index >= 15 is 0 Å². The SMILES string of the molecule is COc1cc(C(=O)Nc2ccc(F)c([N+](=O)[O-])c2)ccc1OCCC(C)C. The van der Waals surface area contributed by atoms with Crippen LogP contribution in [0.1, 0.15) is 30.6 Å². The van der Waals surface area contributed by atoms with Gasteiger partial charge in [-0.15, -0.1) is 0 Å². The van der Waals surface area contributed by atoms with Gasteiger partial charge in [-0.25, -0.2) is 0 Å². The topological polar surface area (TPSA) is 90.7 Å². The molecule has 2 rings (SSSR count). The van der Waals surface area contributed by atoms with Crippen molar-refractivity contribution >= 4 is 17.3 Å². The predicted octanol–water partition coefficient (Wildman–Crippen LogP) is 4.42. The van der Waals surface area contributed by atoms with Gasteiger partial charge in [0, 0.05) is 17.3 Å². The van der Waals surface area contributed by atoms with E-state index in [0.29, 0.717) is 24.0 Å². The molecule has 8 heteroatoms. The quantitative estimate of drug-likeness (QED) is 0.544. The van der Waals surface area contributed by atoms with Gasteiger partial charge in [-0.3, -0.25) is 14.9 Å². The van der Waals surface area contributed by atoms with Gasteiger partial charge in [0.2, 0.25) is 5.82 Å². The molecule has 0 radical (unpaired) electrons. The number of methoxy groups -OCH3 is 1. The largest absolute Gasteiger partial charge is 0.493 e. The monoisotopic (exact) mass is 376 g/mol. The van der Waals surface area contributed by atoms with Crippen molar-refractivity contribution in [2.24, 2.45) is 5.92 Å². The number of nitrogens with zero attached hydrogens (tertiary/aromatic N) is 1. The number of halogens is 1. The number of anilines is 1. The first-order valence-electron chi connectivity index (χ1n) is 8.38. The number of amides is 1. The van der Waals surface area contributed by atoms with Crippen molar-refractivity contribution < 1.29 is 23.6 Å². The maximum Gasteiger partial charge on any atom is 0.306 e. The summed E-state index contributed by atoms with van der Waals surface area (Å²) in [7, 11) is 1.47. The lowest BCUT2D eigenvalue weighted by molar-refractivity contribution is -0.387. The summed E-state index contributed by atoms with van der Waals surface area (Å²) in [6.07, 6.45) is 0.884. The Kier molecular flexibility index (Phi) is 6.70. The lowest BCUT2D eigenvalue weighted by Crippen LogP contribution is -2.12. The molecule has 144 valence electrons. The van der Waals surface area contributed by atoms with Crippen molar-refractivity contribution in [1.82, 2.24) is 0 Å². The standard InChI is InChI=1S/C19H21FN2O5/c1-12(2)8-9-27-17-7-4-13(10-18(17)26-3)19(23)21-14-5-6-15(20)16(11-14)22(24)25/h4-7,10-12H,8-9H2,1-3H3,(H,21,23). The first-order chi connectivity index (χ1) is 12.8. The van der Waals surface area contributed by atoms with Crippen LogP contribution < -0.4 is 14.8 Å². The van der Waals surface area contributed by atoms with Gasteiger partial charge in [0.05, 0.1) is 18.6 Å². The maximum atomic E-state index is 13.4. The zero-order chi connectivity index (χ0) is 20.0. The summed E-state index contributed by atoms with van der Waals surface area (Å²) in [4.78, 5) is 22.3. The van der Waals surface area contributed by atoms with E-state index in [-0.39, 0.29) is 11.3 Å². The number of nitro benzene ring substituents is 1. The summed E-state index contributed by atoms with van der Waals surface area (Å²) in [5.74, 6) is -0.0603. The molecule has 0 aromatic heterocycles. The third kappa shape index (κ3) is 5.40. The highest BCUT2D eigenvalue weighted by molar-refractivity contribution is 6.04. The van der Waals surface area contributed by atoms with Crippen LogP contribution in [-0.4, -0.2) is 24.5 Å². The number of carbonyl (C=O) groups excluding carboxylic acids is 1. The van der Waals surface area contributed by atoms with Crippen LogP contribution in [0.4, 0.5) is 15.8 Å². The van der Waals surface area contributed by atoms with Crippen LogP contribution in [0.15, 0.2) is 36.4 Å². The van der Waals surface area contributed by atoms with E-state index < -0.39 is 22.3 Å². The van der Waals surface area contributed by atoms with Crippen LogP contribution in [0.25, 0.3) is 0 Å². The molecule has 7 nitrogen and oxygen atoms in total. The van der Waals surface area contributed by atoms with Crippen molar-refractivity contribution in [2.45, 2.75) is 20.3 Å². The van der Waals surface area contributed by atoms with E-state index in [2.05, 4.69) is 19.2 Å². The lowest BCUT2D eigenvalue weighted by Gasteiger charge is -2.13. The molecule has 0 aliphatic carbocycles. The normalized spacial score (nSPS) is 10.6. The lowest BCUT2D eigenvalue weighted by atomic mass is 10.1. The molecular weight excluding hydrogens is 355 g/mol. The van der Waals surface area contributed by atoms with Crippen LogP contribution in [0.2, 0.25) is 0 Å². The minimum absolute atomic E-state index is 0.115. The highest BCUT2D eigenvalue weighted by Gasteiger charge is 2.17. The van der Waals surface area contributed by atoms with E-state index in [1.807, 2.05) is 0 Å². The molecule has 0 fully saturated rings. The average molecular weight is 376 g/mol. The Bertz CT molecular complexity index is 839. The molecule has 0 unspecified atom stereocenters. The van der Waals surface area contributed by atoms with Crippen molar-refractivity contribution in [2.75, 3.05) is 19.0 Å². The number of hydrogen-bond donors (Lipinski definition) is 1. The van der Waals surface area contributed by atoms with Crippen molar-refractivity contribution in [3.8, 4) is 11.5 Å². The van der Waals surface area contributed by atoms with Gasteiger partial charge in [-0.2, -0.15) is 4.39 Å². The van der Waals surface area contributed by atoms with Crippen molar-refractivity contribution in [3.05, 3.63) is 57.9 Å². The molecule has 0 bridgehead atoms. The number of carbonyl (C=O) groups is 1. The summed E-state index contributed by atoms with van der Waals surface area (Å²) < 4.78 is 24.3. The van der Waals surface area contributed by atoms with Gasteiger partial charge in [0.1, 0.15) is 0 Å². The fourth-order valence-electron chi connectivity index (χ4n) is 2.27. The van der Waals surface area contributed by atoms with Gasteiger partial charge in [0.15, 0.2) is 11.5 Å².